The summed E-state index contributed by atoms with van der Waals surface area (Å²) in [4.78, 5) is 4.44. The van der Waals surface area contributed by atoms with Crippen molar-refractivity contribution in [2.24, 2.45) is 0 Å². The topological polar surface area (TPSA) is 90.7 Å². The molecule has 0 unspecified atom stereocenters. The molecule has 0 aliphatic carbocycles. The Kier molecular flexibility index (Phi) is 6.13. The molecule has 164 valence electrons. The third-order valence-electron chi connectivity index (χ3n) is 4.83. The molecular formula is C24H22N2O5S. The molecule has 1 aromatic heterocycles. The van der Waals surface area contributed by atoms with E-state index in [-0.39, 0.29) is 21.7 Å². The monoisotopic (exact) mass is 450 g/mol. The zero-order chi connectivity index (χ0) is 22.6. The van der Waals surface area contributed by atoms with E-state index >= 15 is 0 Å². The van der Waals surface area contributed by atoms with Crippen LogP contribution in [0, 0.1) is 0 Å². The second kappa shape index (κ2) is 9.15. The summed E-state index contributed by atoms with van der Waals surface area (Å²) in [6.07, 6.45) is 0. The van der Waals surface area contributed by atoms with Gasteiger partial charge in [0.05, 0.1) is 19.1 Å². The molecule has 0 atom stereocenters. The fraction of sp³-hybridized carbons (Fsp3) is 0.125. The molecule has 0 spiro atoms. The standard InChI is InChI=1S/C24H22N2O5S/c1-29-19-11-13-21(14-12-19)32(27,28)24-23(25-16-17-7-4-3-5-8-17)31-22(26-24)18-9-6-10-20(15-18)30-2/h3-15,25H,16H2,1-2H3. The van der Waals surface area contributed by atoms with Crippen molar-refractivity contribution in [1.29, 1.82) is 0 Å². The lowest BCUT2D eigenvalue weighted by atomic mass is 10.2. The zero-order valence-electron chi connectivity index (χ0n) is 17.6. The van der Waals surface area contributed by atoms with Crippen molar-refractivity contribution in [2.45, 2.75) is 16.5 Å². The van der Waals surface area contributed by atoms with Gasteiger partial charge in [0.15, 0.2) is 0 Å². The van der Waals surface area contributed by atoms with E-state index in [2.05, 4.69) is 10.3 Å². The Balaban J connectivity index is 1.76. The minimum Gasteiger partial charge on any atom is -0.497 e. The molecule has 0 radical (unpaired) electrons. The van der Waals surface area contributed by atoms with Crippen LogP contribution in [0.15, 0.2) is 93.2 Å². The molecule has 0 saturated carbocycles. The van der Waals surface area contributed by atoms with Gasteiger partial charge in [0, 0.05) is 12.1 Å². The summed E-state index contributed by atoms with van der Waals surface area (Å²) in [6, 6.07) is 22.8. The molecule has 0 saturated heterocycles. The second-order valence-electron chi connectivity index (χ2n) is 6.90. The Morgan fingerprint density at radius 2 is 1.59 bits per heavy atom. The molecule has 1 heterocycles. The van der Waals surface area contributed by atoms with Crippen molar-refractivity contribution >= 4 is 15.7 Å². The van der Waals surface area contributed by atoms with E-state index in [0.717, 1.165) is 5.56 Å². The highest BCUT2D eigenvalue weighted by atomic mass is 32.2. The van der Waals surface area contributed by atoms with Gasteiger partial charge in [-0.2, -0.15) is 4.98 Å². The Hall–Kier alpha value is -3.78. The summed E-state index contributed by atoms with van der Waals surface area (Å²) in [5.41, 5.74) is 1.57. The van der Waals surface area contributed by atoms with E-state index in [1.807, 2.05) is 30.3 Å². The Labute approximate surface area is 186 Å². The molecule has 4 aromatic rings. The molecule has 8 heteroatoms. The predicted octanol–water partition coefficient (Wildman–Crippen LogP) is 4.80. The summed E-state index contributed by atoms with van der Waals surface area (Å²) in [6.45, 7) is 0.374. The quantitative estimate of drug-likeness (QED) is 0.412. The highest BCUT2D eigenvalue weighted by Crippen LogP contribution is 2.34. The van der Waals surface area contributed by atoms with Crippen LogP contribution < -0.4 is 14.8 Å². The molecule has 0 aliphatic heterocycles. The summed E-state index contributed by atoms with van der Waals surface area (Å²) in [5.74, 6) is 1.41. The number of sulfone groups is 1. The van der Waals surface area contributed by atoms with Crippen LogP contribution in [0.25, 0.3) is 11.5 Å². The van der Waals surface area contributed by atoms with Gasteiger partial charge >= 0.3 is 0 Å². The number of rotatable bonds is 8. The maximum atomic E-state index is 13.4. The van der Waals surface area contributed by atoms with E-state index in [4.69, 9.17) is 13.9 Å². The molecule has 7 nitrogen and oxygen atoms in total. The van der Waals surface area contributed by atoms with Gasteiger partial charge in [0.25, 0.3) is 0 Å². The number of aromatic nitrogens is 1. The van der Waals surface area contributed by atoms with Crippen molar-refractivity contribution in [2.75, 3.05) is 19.5 Å². The van der Waals surface area contributed by atoms with Crippen LogP contribution >= 0.6 is 0 Å². The van der Waals surface area contributed by atoms with E-state index in [9.17, 15) is 8.42 Å². The van der Waals surface area contributed by atoms with Crippen molar-refractivity contribution < 1.29 is 22.3 Å². The van der Waals surface area contributed by atoms with Crippen LogP contribution in [0.3, 0.4) is 0 Å². The lowest BCUT2D eigenvalue weighted by Crippen LogP contribution is -2.07. The van der Waals surface area contributed by atoms with Gasteiger partial charge in [0.1, 0.15) is 11.5 Å². The molecule has 3 aromatic carbocycles. The average Bonchev–Trinajstić information content (AvgIpc) is 3.29. The fourth-order valence-corrected chi connectivity index (χ4v) is 4.40. The van der Waals surface area contributed by atoms with E-state index < -0.39 is 9.84 Å². The summed E-state index contributed by atoms with van der Waals surface area (Å²) >= 11 is 0. The van der Waals surface area contributed by atoms with Crippen molar-refractivity contribution in [3.05, 3.63) is 84.4 Å². The number of benzene rings is 3. The van der Waals surface area contributed by atoms with Gasteiger partial charge in [-0.05, 0) is 48.0 Å². The maximum absolute atomic E-state index is 13.4. The summed E-state index contributed by atoms with van der Waals surface area (Å²) < 4.78 is 43.1. The number of hydrogen-bond donors (Lipinski definition) is 1. The Morgan fingerprint density at radius 3 is 2.28 bits per heavy atom. The second-order valence-corrected chi connectivity index (χ2v) is 8.77. The highest BCUT2D eigenvalue weighted by Gasteiger charge is 2.28. The van der Waals surface area contributed by atoms with Gasteiger partial charge in [-0.1, -0.05) is 36.4 Å². The van der Waals surface area contributed by atoms with Gasteiger partial charge in [-0.3, -0.25) is 0 Å². The zero-order valence-corrected chi connectivity index (χ0v) is 18.4. The normalized spacial score (nSPS) is 11.2. The van der Waals surface area contributed by atoms with Gasteiger partial charge < -0.3 is 19.2 Å². The predicted molar refractivity (Wildman–Crippen MR) is 121 cm³/mol. The largest absolute Gasteiger partial charge is 0.497 e. The molecule has 0 fully saturated rings. The maximum Gasteiger partial charge on any atom is 0.234 e. The third kappa shape index (κ3) is 4.45. The van der Waals surface area contributed by atoms with E-state index in [0.29, 0.717) is 23.6 Å². The lowest BCUT2D eigenvalue weighted by molar-refractivity contribution is 0.414. The van der Waals surface area contributed by atoms with Crippen molar-refractivity contribution in [3.63, 3.8) is 0 Å². The molecular weight excluding hydrogens is 428 g/mol. The minimum absolute atomic E-state index is 0.0718. The number of oxazole rings is 1. The summed E-state index contributed by atoms with van der Waals surface area (Å²) in [5, 5.41) is 2.90. The van der Waals surface area contributed by atoms with Crippen LogP contribution in [0.1, 0.15) is 5.56 Å². The molecule has 0 aliphatic rings. The number of ether oxygens (including phenoxy) is 2. The van der Waals surface area contributed by atoms with Crippen LogP contribution in [0.5, 0.6) is 11.5 Å². The number of nitrogens with zero attached hydrogens (tertiary/aromatic N) is 1. The molecule has 0 amide bonds. The summed E-state index contributed by atoms with van der Waals surface area (Å²) in [7, 11) is -0.878. The van der Waals surface area contributed by atoms with E-state index in [1.54, 1.807) is 43.5 Å². The average molecular weight is 451 g/mol. The lowest BCUT2D eigenvalue weighted by Gasteiger charge is -2.07. The van der Waals surface area contributed by atoms with Crippen LogP contribution in [0.2, 0.25) is 0 Å². The first-order chi connectivity index (χ1) is 15.5. The Bertz CT molecular complexity index is 1300. The van der Waals surface area contributed by atoms with Gasteiger partial charge in [0.2, 0.25) is 26.6 Å². The first-order valence-electron chi connectivity index (χ1n) is 9.83. The SMILES string of the molecule is COc1ccc(S(=O)(=O)c2nc(-c3cccc(OC)c3)oc2NCc2ccccc2)cc1. The van der Waals surface area contributed by atoms with Crippen LogP contribution in [-0.4, -0.2) is 27.6 Å². The molecule has 0 bridgehead atoms. The smallest absolute Gasteiger partial charge is 0.234 e. The van der Waals surface area contributed by atoms with Crippen LogP contribution in [0.4, 0.5) is 5.88 Å². The van der Waals surface area contributed by atoms with Gasteiger partial charge in [-0.25, -0.2) is 8.42 Å². The molecule has 32 heavy (non-hydrogen) atoms. The van der Waals surface area contributed by atoms with Crippen LogP contribution in [-0.2, 0) is 16.4 Å². The third-order valence-corrected chi connectivity index (χ3v) is 6.51. The number of hydrogen-bond acceptors (Lipinski definition) is 7. The van der Waals surface area contributed by atoms with Crippen molar-refractivity contribution in [3.8, 4) is 23.0 Å². The highest BCUT2D eigenvalue weighted by molar-refractivity contribution is 7.91. The molecule has 4 rings (SSSR count). The minimum atomic E-state index is -3.96. The van der Waals surface area contributed by atoms with Crippen molar-refractivity contribution in [1.82, 2.24) is 4.98 Å². The van der Waals surface area contributed by atoms with Gasteiger partial charge in [-0.15, -0.1) is 0 Å². The number of anilines is 1. The Morgan fingerprint density at radius 1 is 0.875 bits per heavy atom. The first-order valence-corrected chi connectivity index (χ1v) is 11.3. The molecule has 1 N–H and O–H groups in total. The number of nitrogens with one attached hydrogen (secondary N) is 1. The fourth-order valence-electron chi connectivity index (χ4n) is 3.12. The number of methoxy groups -OCH3 is 2. The first kappa shape index (κ1) is 21.5. The van der Waals surface area contributed by atoms with E-state index in [1.165, 1.54) is 19.2 Å².